The highest BCUT2D eigenvalue weighted by Gasteiger charge is 2.27. The van der Waals surface area contributed by atoms with Crippen LogP contribution < -0.4 is 10.6 Å². The summed E-state index contributed by atoms with van der Waals surface area (Å²) in [6.45, 7) is 2.26. The molecule has 1 amide bonds. The molecule has 0 atom stereocenters. The number of hydrogen-bond donors (Lipinski definition) is 2. The van der Waals surface area contributed by atoms with Crippen molar-refractivity contribution in [3.8, 4) is 0 Å². The van der Waals surface area contributed by atoms with E-state index in [4.69, 9.17) is 11.6 Å². The fourth-order valence-corrected chi connectivity index (χ4v) is 3.37. The molecule has 0 aliphatic rings. The van der Waals surface area contributed by atoms with Crippen LogP contribution in [0.3, 0.4) is 0 Å². The van der Waals surface area contributed by atoms with Crippen LogP contribution in [-0.2, 0) is 0 Å². The molecular formula is C27H24ClF2N3O2. The average Bonchev–Trinajstić information content (AvgIpc) is 2.82. The maximum Gasteiger partial charge on any atom is 0.284 e. The Balaban J connectivity index is 1.92. The molecule has 0 heterocycles. The van der Waals surface area contributed by atoms with E-state index in [1.165, 1.54) is 20.0 Å². The second kappa shape index (κ2) is 11.1. The predicted molar refractivity (Wildman–Crippen MR) is 136 cm³/mol. The molecule has 0 fully saturated rings. The Morgan fingerprint density at radius 2 is 1.49 bits per heavy atom. The minimum atomic E-state index is -3.12. The van der Waals surface area contributed by atoms with E-state index in [-0.39, 0.29) is 23.1 Å². The molecule has 2 N–H and O–H groups in total. The summed E-state index contributed by atoms with van der Waals surface area (Å²) in [5.74, 6) is -3.54. The second-order valence-electron chi connectivity index (χ2n) is 7.81. The molecule has 0 aliphatic heterocycles. The number of hydrogen-bond acceptors (Lipinski definition) is 4. The smallest absolute Gasteiger partial charge is 0.284 e. The highest BCUT2D eigenvalue weighted by atomic mass is 35.5. The summed E-state index contributed by atoms with van der Waals surface area (Å²) in [7, 11) is 1.41. The van der Waals surface area contributed by atoms with Crippen LogP contribution >= 0.6 is 11.6 Å². The highest BCUT2D eigenvalue weighted by molar-refractivity contribution is 6.33. The van der Waals surface area contributed by atoms with Gasteiger partial charge in [-0.3, -0.25) is 9.59 Å². The first-order valence-corrected chi connectivity index (χ1v) is 11.1. The fourth-order valence-electron chi connectivity index (χ4n) is 3.19. The summed E-state index contributed by atoms with van der Waals surface area (Å²) in [4.78, 5) is 28.6. The van der Waals surface area contributed by atoms with Crippen molar-refractivity contribution in [3.63, 3.8) is 0 Å². The maximum atomic E-state index is 14.0. The second-order valence-corrected chi connectivity index (χ2v) is 8.22. The lowest BCUT2D eigenvalue weighted by Gasteiger charge is -2.16. The van der Waals surface area contributed by atoms with Crippen molar-refractivity contribution >= 4 is 40.4 Å². The molecule has 0 saturated carbocycles. The molecule has 0 bridgehead atoms. The van der Waals surface area contributed by atoms with Gasteiger partial charge in [-0.2, -0.15) is 0 Å². The number of anilines is 1. The third-order valence-electron chi connectivity index (χ3n) is 5.11. The topological polar surface area (TPSA) is 70.6 Å². The molecule has 0 aliphatic carbocycles. The van der Waals surface area contributed by atoms with Crippen molar-refractivity contribution in [2.75, 3.05) is 12.4 Å². The van der Waals surface area contributed by atoms with Gasteiger partial charge in [0.15, 0.2) is 5.78 Å². The number of ketones is 1. The largest absolute Gasteiger partial charge is 0.387 e. The van der Waals surface area contributed by atoms with Gasteiger partial charge >= 0.3 is 0 Å². The minimum Gasteiger partial charge on any atom is -0.387 e. The Labute approximate surface area is 207 Å². The summed E-state index contributed by atoms with van der Waals surface area (Å²) >= 11 is 6.22. The average molecular weight is 496 g/mol. The summed E-state index contributed by atoms with van der Waals surface area (Å²) in [5, 5.41) is 5.66. The molecule has 0 radical (unpaired) electrons. The molecule has 8 heteroatoms. The quantitative estimate of drug-likeness (QED) is 0.270. The van der Waals surface area contributed by atoms with E-state index in [1.54, 1.807) is 72.8 Å². The predicted octanol–water partition coefficient (Wildman–Crippen LogP) is 6.67. The van der Waals surface area contributed by atoms with E-state index in [0.717, 1.165) is 6.92 Å². The molecule has 35 heavy (non-hydrogen) atoms. The number of allylic oxidation sites excluding steroid dienone is 2. The first kappa shape index (κ1) is 25.8. The number of carbonyl (C=O) groups is 2. The standard InChI is InChI=1S/C27H24ClF2N3O2/c1-17(34)18-12-14-21(15-13-18)32-26(35)20-10-8-19(9-11-20)24(16-25(31-3)27(2,29)30)33-23-7-5-4-6-22(23)28/h4-16,31H,1-3H3,(H,32,35). The fraction of sp³-hybridized carbons (Fsp3) is 0.148. The molecule has 0 saturated heterocycles. The summed E-state index contributed by atoms with van der Waals surface area (Å²) in [6, 6.07) is 19.8. The Kier molecular flexibility index (Phi) is 8.14. The Hall–Kier alpha value is -3.84. The van der Waals surface area contributed by atoms with E-state index in [1.807, 2.05) is 0 Å². The number of alkyl halides is 2. The molecule has 0 spiro atoms. The van der Waals surface area contributed by atoms with Crippen LogP contribution in [0.15, 0.2) is 89.6 Å². The minimum absolute atomic E-state index is 0.0657. The molecular weight excluding hydrogens is 472 g/mol. The molecule has 0 aromatic heterocycles. The van der Waals surface area contributed by atoms with Gasteiger partial charge in [0.2, 0.25) is 0 Å². The number of para-hydroxylation sites is 1. The summed E-state index contributed by atoms with van der Waals surface area (Å²) < 4.78 is 28.1. The normalized spacial score (nSPS) is 12.3. The van der Waals surface area contributed by atoms with Gasteiger partial charge in [0.1, 0.15) is 0 Å². The maximum absolute atomic E-state index is 14.0. The number of benzene rings is 3. The van der Waals surface area contributed by atoms with Crippen LogP contribution in [0.25, 0.3) is 0 Å². The van der Waals surface area contributed by atoms with Crippen LogP contribution in [0.5, 0.6) is 0 Å². The lowest BCUT2D eigenvalue weighted by molar-refractivity contribution is 0.0571. The van der Waals surface area contributed by atoms with Crippen molar-refractivity contribution in [2.24, 2.45) is 4.99 Å². The lowest BCUT2D eigenvalue weighted by Crippen LogP contribution is -2.25. The number of halogens is 3. The van der Waals surface area contributed by atoms with Crippen molar-refractivity contribution in [3.05, 3.63) is 106 Å². The zero-order valence-corrected chi connectivity index (χ0v) is 20.2. The first-order valence-electron chi connectivity index (χ1n) is 10.7. The van der Waals surface area contributed by atoms with E-state index in [2.05, 4.69) is 15.6 Å². The van der Waals surface area contributed by atoms with Gasteiger partial charge in [-0.05, 0) is 61.5 Å². The Bertz CT molecular complexity index is 1280. The van der Waals surface area contributed by atoms with Gasteiger partial charge < -0.3 is 10.6 Å². The third-order valence-corrected chi connectivity index (χ3v) is 5.43. The van der Waals surface area contributed by atoms with Crippen molar-refractivity contribution in [1.82, 2.24) is 5.32 Å². The van der Waals surface area contributed by atoms with E-state index < -0.39 is 5.92 Å². The first-order chi connectivity index (χ1) is 16.6. The van der Waals surface area contributed by atoms with E-state index in [9.17, 15) is 18.4 Å². The van der Waals surface area contributed by atoms with E-state index in [0.29, 0.717) is 33.1 Å². The van der Waals surface area contributed by atoms with Crippen molar-refractivity contribution in [1.29, 1.82) is 0 Å². The van der Waals surface area contributed by atoms with Gasteiger partial charge in [0.05, 0.1) is 22.1 Å². The molecule has 0 unspecified atom stereocenters. The highest BCUT2D eigenvalue weighted by Crippen LogP contribution is 2.27. The van der Waals surface area contributed by atoms with Crippen LogP contribution in [-0.4, -0.2) is 30.4 Å². The number of nitrogens with one attached hydrogen (secondary N) is 2. The molecule has 5 nitrogen and oxygen atoms in total. The number of aliphatic imine (C=N–C) groups is 1. The van der Waals surface area contributed by atoms with Crippen LogP contribution in [0.1, 0.15) is 40.1 Å². The molecule has 3 rings (SSSR count). The molecule has 3 aromatic rings. The van der Waals surface area contributed by atoms with Gasteiger partial charge in [-0.25, -0.2) is 13.8 Å². The van der Waals surface area contributed by atoms with Crippen LogP contribution in [0, 0.1) is 0 Å². The van der Waals surface area contributed by atoms with E-state index >= 15 is 0 Å². The van der Waals surface area contributed by atoms with Crippen molar-refractivity contribution in [2.45, 2.75) is 19.8 Å². The van der Waals surface area contributed by atoms with Gasteiger partial charge in [0.25, 0.3) is 11.8 Å². The number of rotatable bonds is 8. The van der Waals surface area contributed by atoms with Crippen LogP contribution in [0.4, 0.5) is 20.2 Å². The van der Waals surface area contributed by atoms with Crippen LogP contribution in [0.2, 0.25) is 5.02 Å². The summed E-state index contributed by atoms with van der Waals surface area (Å²) in [6.07, 6.45) is 1.26. The van der Waals surface area contributed by atoms with Crippen molar-refractivity contribution < 1.29 is 18.4 Å². The monoisotopic (exact) mass is 495 g/mol. The Morgan fingerprint density at radius 3 is 2.03 bits per heavy atom. The molecule has 180 valence electrons. The third kappa shape index (κ3) is 6.83. The Morgan fingerprint density at radius 1 is 0.914 bits per heavy atom. The number of amides is 1. The van der Waals surface area contributed by atoms with Gasteiger partial charge in [0, 0.05) is 36.3 Å². The zero-order chi connectivity index (χ0) is 25.6. The number of Topliss-reactive ketones (excluding diaryl/α,β-unsaturated/α-hetero) is 1. The molecule has 3 aromatic carbocycles. The van der Waals surface area contributed by atoms with Gasteiger partial charge in [-0.15, -0.1) is 0 Å². The zero-order valence-electron chi connectivity index (χ0n) is 19.4. The number of carbonyl (C=O) groups excluding carboxylic acids is 2. The lowest BCUT2D eigenvalue weighted by atomic mass is 10.0. The van der Waals surface area contributed by atoms with Gasteiger partial charge in [-0.1, -0.05) is 35.9 Å². The summed E-state index contributed by atoms with van der Waals surface area (Å²) in [5.41, 5.74) is 2.31. The SMILES string of the molecule is CNC(=CC(=Nc1ccccc1Cl)c1ccc(C(=O)Nc2ccc(C(C)=O)cc2)cc1)C(C)(F)F. The number of nitrogens with zero attached hydrogens (tertiary/aromatic N) is 1.